The molecule has 0 N–H and O–H groups in total. The van der Waals surface area contributed by atoms with Crippen LogP contribution < -0.4 is 0 Å². The summed E-state index contributed by atoms with van der Waals surface area (Å²) in [7, 11) is 0. The minimum atomic E-state index is -0.761. The largest absolute Gasteiger partial charge is 0.462 e. The first kappa shape index (κ1) is 73.2. The minimum absolute atomic E-state index is 0.0631. The Kier molecular flexibility index (Phi) is 63.1. The first-order valence-electron chi connectivity index (χ1n) is 34.2. The number of rotatable bonds is 64. The van der Waals surface area contributed by atoms with Crippen LogP contribution in [0, 0.1) is 0 Å². The molecule has 444 valence electrons. The highest BCUT2D eigenvalue weighted by Gasteiger charge is 2.19. The lowest BCUT2D eigenvalue weighted by Crippen LogP contribution is -2.30. The lowest BCUT2D eigenvalue weighted by Gasteiger charge is -2.18. The van der Waals surface area contributed by atoms with Crippen molar-refractivity contribution in [3.63, 3.8) is 0 Å². The standard InChI is InChI=1S/C69H132O6/c1-4-7-10-13-16-18-20-22-24-26-27-28-29-30-31-32-33-34-35-36-37-38-39-40-41-42-43-44-46-47-49-51-53-56-59-62-68(71)74-65-66(64-73-67(70)61-58-55-15-12-9-6-3)75-69(72)63-60-57-54-52-50-48-45-25-23-21-19-17-14-11-8-5-2/h26-27,66H,4-25,28-65H2,1-3H3/b27-26-. The molecular formula is C69H132O6. The molecule has 0 fully saturated rings. The van der Waals surface area contributed by atoms with Gasteiger partial charge in [0.25, 0.3) is 0 Å². The van der Waals surface area contributed by atoms with Gasteiger partial charge in [0.1, 0.15) is 13.2 Å². The van der Waals surface area contributed by atoms with Gasteiger partial charge in [-0.1, -0.05) is 341 Å². The summed E-state index contributed by atoms with van der Waals surface area (Å²) < 4.78 is 16.8. The van der Waals surface area contributed by atoms with Crippen molar-refractivity contribution in [2.75, 3.05) is 13.2 Å². The van der Waals surface area contributed by atoms with E-state index in [2.05, 4.69) is 32.9 Å². The molecule has 1 unspecified atom stereocenters. The molecule has 0 radical (unpaired) electrons. The molecule has 0 aromatic rings. The molecule has 0 aliphatic carbocycles. The normalized spacial score (nSPS) is 12.0. The second kappa shape index (κ2) is 64.7. The Balaban J connectivity index is 3.86. The third kappa shape index (κ3) is 62.9. The summed E-state index contributed by atoms with van der Waals surface area (Å²) in [5.74, 6) is -0.845. The Morgan fingerprint density at radius 3 is 0.667 bits per heavy atom. The highest BCUT2D eigenvalue weighted by molar-refractivity contribution is 5.71. The minimum Gasteiger partial charge on any atom is -0.462 e. The first-order chi connectivity index (χ1) is 37.0. The molecule has 0 heterocycles. The van der Waals surface area contributed by atoms with Crippen molar-refractivity contribution < 1.29 is 28.6 Å². The Bertz CT molecular complexity index is 1170. The summed E-state index contributed by atoms with van der Waals surface area (Å²) in [5.41, 5.74) is 0. The van der Waals surface area contributed by atoms with E-state index in [9.17, 15) is 14.4 Å². The van der Waals surface area contributed by atoms with Gasteiger partial charge < -0.3 is 14.2 Å². The van der Waals surface area contributed by atoms with Crippen LogP contribution in [0.5, 0.6) is 0 Å². The van der Waals surface area contributed by atoms with Crippen LogP contribution in [0.25, 0.3) is 0 Å². The summed E-state index contributed by atoms with van der Waals surface area (Å²) >= 11 is 0. The molecule has 6 nitrogen and oxygen atoms in total. The van der Waals surface area contributed by atoms with Gasteiger partial charge in [0.15, 0.2) is 6.10 Å². The van der Waals surface area contributed by atoms with E-state index in [0.29, 0.717) is 19.3 Å². The van der Waals surface area contributed by atoms with Crippen LogP contribution in [-0.2, 0) is 28.6 Å². The summed E-state index contributed by atoms with van der Waals surface area (Å²) in [4.78, 5) is 38.0. The molecule has 75 heavy (non-hydrogen) atoms. The second-order valence-corrected chi connectivity index (χ2v) is 23.5. The first-order valence-corrected chi connectivity index (χ1v) is 34.2. The van der Waals surface area contributed by atoms with Crippen LogP contribution in [0.3, 0.4) is 0 Å². The zero-order valence-electron chi connectivity index (χ0n) is 51.1. The quantitative estimate of drug-likeness (QED) is 0.0261. The van der Waals surface area contributed by atoms with Gasteiger partial charge >= 0.3 is 17.9 Å². The average Bonchev–Trinajstić information content (AvgIpc) is 3.41. The van der Waals surface area contributed by atoms with Crippen molar-refractivity contribution in [1.82, 2.24) is 0 Å². The average molecular weight is 1060 g/mol. The van der Waals surface area contributed by atoms with E-state index in [-0.39, 0.29) is 31.1 Å². The van der Waals surface area contributed by atoms with E-state index in [0.717, 1.165) is 57.8 Å². The summed E-state index contributed by atoms with van der Waals surface area (Å²) in [6, 6.07) is 0. The van der Waals surface area contributed by atoms with Gasteiger partial charge in [-0.05, 0) is 44.9 Å². The smallest absolute Gasteiger partial charge is 0.306 e. The van der Waals surface area contributed by atoms with E-state index in [1.54, 1.807) is 0 Å². The summed E-state index contributed by atoms with van der Waals surface area (Å²) in [5, 5.41) is 0. The van der Waals surface area contributed by atoms with Gasteiger partial charge in [0.05, 0.1) is 0 Å². The molecular weight excluding hydrogens is 925 g/mol. The highest BCUT2D eigenvalue weighted by Crippen LogP contribution is 2.19. The van der Waals surface area contributed by atoms with Crippen LogP contribution in [0.15, 0.2) is 12.2 Å². The maximum absolute atomic E-state index is 12.8. The number of allylic oxidation sites excluding steroid dienone is 2. The zero-order valence-corrected chi connectivity index (χ0v) is 51.1. The number of carbonyl (C=O) groups is 3. The molecule has 0 aliphatic rings. The lowest BCUT2D eigenvalue weighted by atomic mass is 10.0. The van der Waals surface area contributed by atoms with Crippen molar-refractivity contribution in [1.29, 1.82) is 0 Å². The molecule has 6 heteroatoms. The molecule has 0 aromatic heterocycles. The molecule has 0 spiro atoms. The number of esters is 3. The maximum Gasteiger partial charge on any atom is 0.306 e. The molecule has 0 saturated carbocycles. The van der Waals surface area contributed by atoms with Crippen LogP contribution in [0.2, 0.25) is 0 Å². The number of unbranched alkanes of at least 4 members (excludes halogenated alkanes) is 51. The van der Waals surface area contributed by atoms with Crippen molar-refractivity contribution in [3.8, 4) is 0 Å². The van der Waals surface area contributed by atoms with Gasteiger partial charge in [-0.25, -0.2) is 0 Å². The molecule has 0 aromatic carbocycles. The maximum atomic E-state index is 12.8. The third-order valence-electron chi connectivity index (χ3n) is 15.8. The predicted octanol–water partition coefficient (Wildman–Crippen LogP) is 23.2. The van der Waals surface area contributed by atoms with E-state index in [1.165, 1.54) is 295 Å². The fourth-order valence-electron chi connectivity index (χ4n) is 10.6. The number of hydrogen-bond donors (Lipinski definition) is 0. The lowest BCUT2D eigenvalue weighted by molar-refractivity contribution is -0.167. The molecule has 0 bridgehead atoms. The van der Waals surface area contributed by atoms with Crippen LogP contribution in [-0.4, -0.2) is 37.2 Å². The molecule has 0 aliphatic heterocycles. The number of carbonyl (C=O) groups excluding carboxylic acids is 3. The number of hydrogen-bond acceptors (Lipinski definition) is 6. The van der Waals surface area contributed by atoms with Crippen LogP contribution >= 0.6 is 0 Å². The van der Waals surface area contributed by atoms with Gasteiger partial charge in [-0.2, -0.15) is 0 Å². The summed E-state index contributed by atoms with van der Waals surface area (Å²) in [6.07, 6.45) is 77.2. The summed E-state index contributed by atoms with van der Waals surface area (Å²) in [6.45, 7) is 6.65. The van der Waals surface area contributed by atoms with Crippen molar-refractivity contribution in [2.24, 2.45) is 0 Å². The van der Waals surface area contributed by atoms with Gasteiger partial charge in [-0.3, -0.25) is 14.4 Å². The third-order valence-corrected chi connectivity index (χ3v) is 15.8. The molecule has 0 saturated heterocycles. The van der Waals surface area contributed by atoms with Crippen LogP contribution in [0.4, 0.5) is 0 Å². The van der Waals surface area contributed by atoms with E-state index in [1.807, 2.05) is 0 Å². The predicted molar refractivity (Wildman–Crippen MR) is 326 cm³/mol. The monoisotopic (exact) mass is 1060 g/mol. The van der Waals surface area contributed by atoms with Crippen molar-refractivity contribution in [3.05, 3.63) is 12.2 Å². The van der Waals surface area contributed by atoms with Crippen molar-refractivity contribution in [2.45, 2.75) is 399 Å². The van der Waals surface area contributed by atoms with E-state index in [4.69, 9.17) is 14.2 Å². The highest BCUT2D eigenvalue weighted by atomic mass is 16.6. The topological polar surface area (TPSA) is 78.9 Å². The van der Waals surface area contributed by atoms with Gasteiger partial charge in [-0.15, -0.1) is 0 Å². The Hall–Kier alpha value is -1.85. The Labute approximate surface area is 469 Å². The van der Waals surface area contributed by atoms with E-state index < -0.39 is 6.10 Å². The van der Waals surface area contributed by atoms with Crippen molar-refractivity contribution >= 4 is 17.9 Å². The second-order valence-electron chi connectivity index (χ2n) is 23.5. The zero-order chi connectivity index (χ0) is 54.3. The molecule has 0 amide bonds. The fourth-order valence-corrected chi connectivity index (χ4v) is 10.6. The van der Waals surface area contributed by atoms with Gasteiger partial charge in [0, 0.05) is 19.3 Å². The fraction of sp³-hybridized carbons (Fsp3) is 0.928. The Morgan fingerprint density at radius 1 is 0.253 bits per heavy atom. The number of ether oxygens (including phenoxy) is 3. The molecule has 1 atom stereocenters. The van der Waals surface area contributed by atoms with E-state index >= 15 is 0 Å². The molecule has 0 rings (SSSR count). The van der Waals surface area contributed by atoms with Gasteiger partial charge in [0.2, 0.25) is 0 Å². The van der Waals surface area contributed by atoms with Crippen LogP contribution in [0.1, 0.15) is 393 Å². The SMILES string of the molecule is CCCCCCCCCC/C=C\CCCCCCCCCCCCCCCCCCCCCCCCCC(=O)OCC(COC(=O)CCCCCCCC)OC(=O)CCCCCCCCCCCCCCCCCC. The Morgan fingerprint density at radius 2 is 0.440 bits per heavy atom.